The lowest BCUT2D eigenvalue weighted by Gasteiger charge is -2.17. The summed E-state index contributed by atoms with van der Waals surface area (Å²) in [5, 5.41) is 14.2. The number of rotatable bonds is 5. The Morgan fingerprint density at radius 2 is 2.05 bits per heavy atom. The van der Waals surface area contributed by atoms with E-state index in [9.17, 15) is 14.4 Å². The molecule has 2 rings (SSSR count). The third kappa shape index (κ3) is 4.48. The number of hydrogen-bond acceptors (Lipinski definition) is 3. The Morgan fingerprint density at radius 3 is 2.67 bits per heavy atom. The molecule has 0 heterocycles. The highest BCUT2D eigenvalue weighted by molar-refractivity contribution is 5.94. The third-order valence-electron chi connectivity index (χ3n) is 3.03. The van der Waals surface area contributed by atoms with Crippen LogP contribution in [0.25, 0.3) is 0 Å². The van der Waals surface area contributed by atoms with Crippen molar-refractivity contribution < 1.29 is 19.5 Å². The monoisotopic (exact) mass is 291 g/mol. The van der Waals surface area contributed by atoms with E-state index in [1.807, 2.05) is 0 Å². The van der Waals surface area contributed by atoms with Crippen molar-refractivity contribution >= 4 is 23.6 Å². The SMILES string of the molecule is CN(CC(=O)NC1CC1)C(=O)Nc1cccc(C(=O)O)c1. The fourth-order valence-corrected chi connectivity index (χ4v) is 1.74. The van der Waals surface area contributed by atoms with Gasteiger partial charge in [0.05, 0.1) is 5.56 Å². The van der Waals surface area contributed by atoms with Crippen molar-refractivity contribution in [3.05, 3.63) is 29.8 Å². The Balaban J connectivity index is 1.88. The maximum atomic E-state index is 11.9. The van der Waals surface area contributed by atoms with Gasteiger partial charge < -0.3 is 20.6 Å². The van der Waals surface area contributed by atoms with Gasteiger partial charge in [-0.1, -0.05) is 6.07 Å². The van der Waals surface area contributed by atoms with E-state index in [-0.39, 0.29) is 24.1 Å². The highest BCUT2D eigenvalue weighted by atomic mass is 16.4. The average molecular weight is 291 g/mol. The van der Waals surface area contributed by atoms with Crippen molar-refractivity contribution in [1.82, 2.24) is 10.2 Å². The molecule has 1 saturated carbocycles. The Morgan fingerprint density at radius 1 is 1.33 bits per heavy atom. The van der Waals surface area contributed by atoms with Crippen molar-refractivity contribution in [2.45, 2.75) is 18.9 Å². The molecule has 0 bridgehead atoms. The molecule has 1 fully saturated rings. The number of amides is 3. The van der Waals surface area contributed by atoms with E-state index < -0.39 is 12.0 Å². The lowest BCUT2D eigenvalue weighted by molar-refractivity contribution is -0.121. The van der Waals surface area contributed by atoms with Gasteiger partial charge in [0.15, 0.2) is 0 Å². The predicted octanol–water partition coefficient (Wildman–Crippen LogP) is 1.13. The third-order valence-corrected chi connectivity index (χ3v) is 3.03. The molecular weight excluding hydrogens is 274 g/mol. The molecule has 112 valence electrons. The first-order valence-corrected chi connectivity index (χ1v) is 6.60. The summed E-state index contributed by atoms with van der Waals surface area (Å²) in [6.45, 7) is -0.0407. The van der Waals surface area contributed by atoms with Crippen molar-refractivity contribution in [3.8, 4) is 0 Å². The van der Waals surface area contributed by atoms with Gasteiger partial charge >= 0.3 is 12.0 Å². The van der Waals surface area contributed by atoms with Crippen molar-refractivity contribution in [3.63, 3.8) is 0 Å². The average Bonchev–Trinajstić information content (AvgIpc) is 3.22. The Bertz CT molecular complexity index is 569. The van der Waals surface area contributed by atoms with Gasteiger partial charge in [0.25, 0.3) is 0 Å². The molecule has 0 aromatic heterocycles. The number of carboxylic acids is 1. The van der Waals surface area contributed by atoms with E-state index in [1.165, 1.54) is 24.1 Å². The van der Waals surface area contributed by atoms with Gasteiger partial charge in [-0.2, -0.15) is 0 Å². The highest BCUT2D eigenvalue weighted by Crippen LogP contribution is 2.18. The number of hydrogen-bond donors (Lipinski definition) is 3. The first-order chi connectivity index (χ1) is 9.95. The number of benzene rings is 1. The van der Waals surface area contributed by atoms with E-state index in [2.05, 4.69) is 10.6 Å². The van der Waals surface area contributed by atoms with Crippen molar-refractivity contribution in [2.75, 3.05) is 18.9 Å². The van der Waals surface area contributed by atoms with Crippen LogP contribution in [0.1, 0.15) is 23.2 Å². The summed E-state index contributed by atoms with van der Waals surface area (Å²) < 4.78 is 0. The van der Waals surface area contributed by atoms with Crippen molar-refractivity contribution in [2.24, 2.45) is 0 Å². The lowest BCUT2D eigenvalue weighted by Crippen LogP contribution is -2.41. The largest absolute Gasteiger partial charge is 0.478 e. The summed E-state index contributed by atoms with van der Waals surface area (Å²) in [6, 6.07) is 5.70. The molecule has 3 amide bonds. The minimum absolute atomic E-state index is 0.0407. The zero-order chi connectivity index (χ0) is 15.4. The van der Waals surface area contributed by atoms with Crippen LogP contribution in [0.4, 0.5) is 10.5 Å². The number of carbonyl (C=O) groups excluding carboxylic acids is 2. The molecule has 21 heavy (non-hydrogen) atoms. The summed E-state index contributed by atoms with van der Waals surface area (Å²) in [5.41, 5.74) is 0.455. The van der Waals surface area contributed by atoms with E-state index in [1.54, 1.807) is 12.1 Å². The lowest BCUT2D eigenvalue weighted by atomic mass is 10.2. The molecule has 3 N–H and O–H groups in total. The molecule has 0 saturated heterocycles. The number of aromatic carboxylic acids is 1. The van der Waals surface area contributed by atoms with Crippen LogP contribution in [0.3, 0.4) is 0 Å². The molecule has 0 unspecified atom stereocenters. The Labute approximate surface area is 121 Å². The zero-order valence-corrected chi connectivity index (χ0v) is 11.6. The fraction of sp³-hybridized carbons (Fsp3) is 0.357. The van der Waals surface area contributed by atoms with E-state index in [4.69, 9.17) is 5.11 Å². The number of carboxylic acid groups (broad SMARTS) is 1. The second-order valence-electron chi connectivity index (χ2n) is 5.01. The molecule has 0 aliphatic heterocycles. The van der Waals surface area contributed by atoms with Crippen molar-refractivity contribution in [1.29, 1.82) is 0 Å². The summed E-state index contributed by atoms with van der Waals surface area (Å²) in [5.74, 6) is -1.27. The zero-order valence-electron chi connectivity index (χ0n) is 11.6. The van der Waals surface area contributed by atoms with Gasteiger partial charge in [0.1, 0.15) is 6.54 Å². The Kier molecular flexibility index (Phi) is 4.42. The first kappa shape index (κ1) is 14.8. The molecule has 1 aliphatic rings. The Hall–Kier alpha value is -2.57. The van der Waals surface area contributed by atoms with Crippen LogP contribution < -0.4 is 10.6 Å². The van der Waals surface area contributed by atoms with Gasteiger partial charge in [0, 0.05) is 18.8 Å². The quantitative estimate of drug-likeness (QED) is 0.757. The van der Waals surface area contributed by atoms with E-state index >= 15 is 0 Å². The number of carbonyl (C=O) groups is 3. The van der Waals surface area contributed by atoms with Crippen LogP contribution in [0.2, 0.25) is 0 Å². The molecule has 1 aliphatic carbocycles. The van der Waals surface area contributed by atoms with Crippen LogP contribution in [-0.4, -0.2) is 47.5 Å². The highest BCUT2D eigenvalue weighted by Gasteiger charge is 2.24. The summed E-state index contributed by atoms with van der Waals surface area (Å²) in [7, 11) is 1.50. The minimum atomic E-state index is -1.07. The van der Waals surface area contributed by atoms with Gasteiger partial charge in [-0.25, -0.2) is 9.59 Å². The van der Waals surface area contributed by atoms with Crippen LogP contribution in [0, 0.1) is 0 Å². The smallest absolute Gasteiger partial charge is 0.335 e. The summed E-state index contributed by atoms with van der Waals surface area (Å²) in [4.78, 5) is 35.6. The standard InChI is InChI=1S/C14H17N3O4/c1-17(8-12(18)15-10-5-6-10)14(21)16-11-4-2-3-9(7-11)13(19)20/h2-4,7,10H,5-6,8H2,1H3,(H,15,18)(H,16,21)(H,19,20). The molecule has 7 heteroatoms. The minimum Gasteiger partial charge on any atom is -0.478 e. The van der Waals surface area contributed by atoms with Gasteiger partial charge in [-0.05, 0) is 31.0 Å². The maximum absolute atomic E-state index is 11.9. The molecule has 0 spiro atoms. The second kappa shape index (κ2) is 6.25. The molecular formula is C14H17N3O4. The number of nitrogens with zero attached hydrogens (tertiary/aromatic N) is 1. The molecule has 7 nitrogen and oxygen atoms in total. The number of nitrogens with one attached hydrogen (secondary N) is 2. The normalized spacial score (nSPS) is 13.4. The van der Waals surface area contributed by atoms with Gasteiger partial charge in [-0.3, -0.25) is 4.79 Å². The fourth-order valence-electron chi connectivity index (χ4n) is 1.74. The van der Waals surface area contributed by atoms with Crippen LogP contribution >= 0.6 is 0 Å². The van der Waals surface area contributed by atoms with Gasteiger partial charge in [0.2, 0.25) is 5.91 Å². The van der Waals surface area contributed by atoms with E-state index in [0.29, 0.717) is 5.69 Å². The first-order valence-electron chi connectivity index (χ1n) is 6.60. The van der Waals surface area contributed by atoms with Gasteiger partial charge in [-0.15, -0.1) is 0 Å². The summed E-state index contributed by atoms with van der Waals surface area (Å²) >= 11 is 0. The van der Waals surface area contributed by atoms with Crippen LogP contribution in [-0.2, 0) is 4.79 Å². The number of anilines is 1. The second-order valence-corrected chi connectivity index (χ2v) is 5.01. The topological polar surface area (TPSA) is 98.7 Å². The van der Waals surface area contributed by atoms with Crippen LogP contribution in [0.5, 0.6) is 0 Å². The summed E-state index contributed by atoms with van der Waals surface area (Å²) in [6.07, 6.45) is 1.98. The predicted molar refractivity (Wildman–Crippen MR) is 76.2 cm³/mol. The number of likely N-dealkylation sites (N-methyl/N-ethyl adjacent to an activating group) is 1. The molecule has 0 radical (unpaired) electrons. The molecule has 0 atom stereocenters. The molecule has 1 aromatic carbocycles. The molecule has 1 aromatic rings. The van der Waals surface area contributed by atoms with Crippen LogP contribution in [0.15, 0.2) is 24.3 Å². The maximum Gasteiger partial charge on any atom is 0.335 e. The number of urea groups is 1. The van der Waals surface area contributed by atoms with E-state index in [0.717, 1.165) is 12.8 Å².